The number of nitro groups is 1. The summed E-state index contributed by atoms with van der Waals surface area (Å²) in [7, 11) is 0. The van der Waals surface area contributed by atoms with Crippen LogP contribution in [-0.2, 0) is 19.1 Å². The molecule has 0 aliphatic carbocycles. The van der Waals surface area contributed by atoms with E-state index >= 15 is 0 Å². The molecule has 9 heteroatoms. The van der Waals surface area contributed by atoms with Gasteiger partial charge in [0, 0.05) is 24.5 Å². The van der Waals surface area contributed by atoms with Gasteiger partial charge < -0.3 is 15.8 Å². The summed E-state index contributed by atoms with van der Waals surface area (Å²) in [6.45, 7) is 5.51. The molecule has 0 aliphatic rings. The third-order valence-corrected chi connectivity index (χ3v) is 3.84. The number of rotatable bonds is 10. The number of hydrogen-bond acceptors (Lipinski definition) is 6. The van der Waals surface area contributed by atoms with Crippen LogP contribution in [0.1, 0.15) is 45.1 Å². The van der Waals surface area contributed by atoms with Crippen LogP contribution >= 0.6 is 0 Å². The zero-order valence-electron chi connectivity index (χ0n) is 15.6. The first kappa shape index (κ1) is 22.1. The Labute approximate surface area is 157 Å². The molecule has 1 aromatic carbocycles. The van der Waals surface area contributed by atoms with Crippen LogP contribution in [0.25, 0.3) is 0 Å². The predicted octanol–water partition coefficient (Wildman–Crippen LogP) is 1.65. The average molecular weight is 379 g/mol. The summed E-state index contributed by atoms with van der Waals surface area (Å²) in [6.07, 6.45) is -0.0165. The molecule has 0 saturated carbocycles. The van der Waals surface area contributed by atoms with Crippen LogP contribution < -0.4 is 11.1 Å². The van der Waals surface area contributed by atoms with Gasteiger partial charge in [-0.2, -0.15) is 0 Å². The number of nitrogens with zero attached hydrogens (tertiary/aromatic N) is 1. The predicted molar refractivity (Wildman–Crippen MR) is 97.7 cm³/mol. The molecule has 0 aliphatic heterocycles. The van der Waals surface area contributed by atoms with Crippen LogP contribution in [0.2, 0.25) is 0 Å². The van der Waals surface area contributed by atoms with Gasteiger partial charge in [0.15, 0.2) is 0 Å². The highest BCUT2D eigenvalue weighted by Crippen LogP contribution is 2.26. The van der Waals surface area contributed by atoms with Gasteiger partial charge in [0.2, 0.25) is 11.8 Å². The first-order valence-electron chi connectivity index (χ1n) is 8.64. The normalized spacial score (nSPS) is 12.9. The van der Waals surface area contributed by atoms with E-state index < -0.39 is 28.8 Å². The molecule has 2 amide bonds. The Kier molecular flexibility index (Phi) is 8.37. The number of carbonyl (C=O) groups is 3. The lowest BCUT2D eigenvalue weighted by molar-refractivity contribution is -0.384. The average Bonchev–Trinajstić information content (AvgIpc) is 2.57. The van der Waals surface area contributed by atoms with E-state index in [2.05, 4.69) is 5.32 Å². The Balaban J connectivity index is 3.19. The summed E-state index contributed by atoms with van der Waals surface area (Å²) in [5, 5.41) is 13.4. The molecular formula is C18H25N3O6. The van der Waals surface area contributed by atoms with E-state index in [0.29, 0.717) is 5.56 Å². The summed E-state index contributed by atoms with van der Waals surface area (Å²) in [5.74, 6) is -2.48. The molecule has 3 N–H and O–H groups in total. The van der Waals surface area contributed by atoms with E-state index in [1.807, 2.05) is 13.8 Å². The third kappa shape index (κ3) is 7.04. The fourth-order valence-electron chi connectivity index (χ4n) is 2.64. The van der Waals surface area contributed by atoms with Crippen molar-refractivity contribution in [1.82, 2.24) is 5.32 Å². The second kappa shape index (κ2) is 10.2. The Morgan fingerprint density at radius 2 is 1.78 bits per heavy atom. The molecule has 0 saturated heterocycles. The third-order valence-electron chi connectivity index (χ3n) is 3.84. The highest BCUT2D eigenvalue weighted by Gasteiger charge is 2.32. The van der Waals surface area contributed by atoms with Crippen molar-refractivity contribution in [2.75, 3.05) is 6.61 Å². The molecule has 0 unspecified atom stereocenters. The van der Waals surface area contributed by atoms with Crippen LogP contribution in [-0.4, -0.2) is 35.4 Å². The van der Waals surface area contributed by atoms with Gasteiger partial charge in [0.1, 0.15) is 6.04 Å². The summed E-state index contributed by atoms with van der Waals surface area (Å²) < 4.78 is 4.94. The van der Waals surface area contributed by atoms with Gasteiger partial charge in [0.05, 0.1) is 18.0 Å². The molecule has 9 nitrogen and oxygen atoms in total. The molecule has 148 valence electrons. The molecule has 0 radical (unpaired) electrons. The molecule has 0 bridgehead atoms. The molecule has 1 aromatic rings. The van der Waals surface area contributed by atoms with Gasteiger partial charge >= 0.3 is 5.97 Å². The van der Waals surface area contributed by atoms with Crippen LogP contribution in [0.4, 0.5) is 5.69 Å². The minimum atomic E-state index is -1.15. The molecule has 27 heavy (non-hydrogen) atoms. The molecule has 1 rings (SSSR count). The lowest BCUT2D eigenvalue weighted by Gasteiger charge is -2.26. The zero-order valence-corrected chi connectivity index (χ0v) is 15.6. The number of esters is 1. The van der Waals surface area contributed by atoms with Crippen molar-refractivity contribution in [3.05, 3.63) is 39.9 Å². The maximum absolute atomic E-state index is 12.1. The Hall–Kier alpha value is -2.97. The second-order valence-corrected chi connectivity index (χ2v) is 6.51. The van der Waals surface area contributed by atoms with Crippen molar-refractivity contribution in [3.63, 3.8) is 0 Å². The Morgan fingerprint density at radius 1 is 1.19 bits per heavy atom. The molecule has 0 heterocycles. The number of amides is 2. The van der Waals surface area contributed by atoms with Crippen LogP contribution in [0.3, 0.4) is 0 Å². The summed E-state index contributed by atoms with van der Waals surface area (Å²) >= 11 is 0. The number of non-ortho nitro benzene ring substituents is 1. The molecule has 2 atom stereocenters. The minimum Gasteiger partial charge on any atom is -0.466 e. The summed E-state index contributed by atoms with van der Waals surface area (Å²) in [5.41, 5.74) is 5.80. The fraction of sp³-hybridized carbons (Fsp3) is 0.500. The first-order valence-corrected chi connectivity index (χ1v) is 8.64. The smallest absolute Gasteiger partial charge is 0.306 e. The van der Waals surface area contributed by atoms with Gasteiger partial charge in [0.25, 0.3) is 5.69 Å². The van der Waals surface area contributed by atoms with Gasteiger partial charge in [-0.15, -0.1) is 0 Å². The van der Waals surface area contributed by atoms with Crippen molar-refractivity contribution >= 4 is 23.5 Å². The highest BCUT2D eigenvalue weighted by atomic mass is 16.6. The highest BCUT2D eigenvalue weighted by molar-refractivity contribution is 5.88. The van der Waals surface area contributed by atoms with Crippen molar-refractivity contribution in [2.45, 2.75) is 45.6 Å². The topological polar surface area (TPSA) is 142 Å². The maximum atomic E-state index is 12.1. The number of nitro benzene ring substituents is 1. The van der Waals surface area contributed by atoms with E-state index in [1.54, 1.807) is 6.92 Å². The molecule has 0 spiro atoms. The van der Waals surface area contributed by atoms with Crippen molar-refractivity contribution in [3.8, 4) is 0 Å². The van der Waals surface area contributed by atoms with E-state index in [-0.39, 0.29) is 37.0 Å². The number of nitrogens with one attached hydrogen (secondary N) is 1. The van der Waals surface area contributed by atoms with E-state index in [9.17, 15) is 24.5 Å². The lowest BCUT2D eigenvalue weighted by Crippen LogP contribution is -2.49. The Bertz CT molecular complexity index is 687. The summed E-state index contributed by atoms with van der Waals surface area (Å²) in [4.78, 5) is 46.4. The second-order valence-electron chi connectivity index (χ2n) is 6.51. The monoisotopic (exact) mass is 379 g/mol. The molecular weight excluding hydrogens is 354 g/mol. The standard InChI is InChI=1S/C18H25N3O6/c1-4-27-16(23)10-14(12-5-7-13(8-6-12)21(25)26)17(18(19)24)20-15(22)9-11(2)3/h5-8,11,14,17H,4,9-10H2,1-3H3,(H2,19,24)(H,20,22)/t14-,17-/m1/s1. The summed E-state index contributed by atoms with van der Waals surface area (Å²) in [6, 6.07) is 4.25. The van der Waals surface area contributed by atoms with Gasteiger partial charge in [-0.25, -0.2) is 0 Å². The SMILES string of the molecule is CCOC(=O)C[C@H](c1ccc([N+](=O)[O-])cc1)[C@@H](NC(=O)CC(C)C)C(N)=O. The van der Waals surface area contributed by atoms with Crippen LogP contribution in [0, 0.1) is 16.0 Å². The van der Waals surface area contributed by atoms with Gasteiger partial charge in [-0.05, 0) is 18.4 Å². The number of nitrogens with two attached hydrogens (primary N) is 1. The fourth-order valence-corrected chi connectivity index (χ4v) is 2.64. The van der Waals surface area contributed by atoms with Gasteiger partial charge in [-0.1, -0.05) is 26.0 Å². The van der Waals surface area contributed by atoms with Crippen molar-refractivity contribution in [2.24, 2.45) is 11.7 Å². The largest absolute Gasteiger partial charge is 0.466 e. The van der Waals surface area contributed by atoms with E-state index in [0.717, 1.165) is 0 Å². The van der Waals surface area contributed by atoms with E-state index in [4.69, 9.17) is 10.5 Å². The van der Waals surface area contributed by atoms with Crippen LogP contribution in [0.15, 0.2) is 24.3 Å². The van der Waals surface area contributed by atoms with Gasteiger partial charge in [-0.3, -0.25) is 24.5 Å². The number of benzene rings is 1. The number of ether oxygens (including phenoxy) is 1. The minimum absolute atomic E-state index is 0.0707. The van der Waals surface area contributed by atoms with Crippen LogP contribution in [0.5, 0.6) is 0 Å². The Morgan fingerprint density at radius 3 is 2.22 bits per heavy atom. The lowest BCUT2D eigenvalue weighted by atomic mass is 9.87. The number of carbonyl (C=O) groups excluding carboxylic acids is 3. The number of primary amides is 1. The maximum Gasteiger partial charge on any atom is 0.306 e. The zero-order chi connectivity index (χ0) is 20.6. The molecule has 0 fully saturated rings. The van der Waals surface area contributed by atoms with Crippen molar-refractivity contribution < 1.29 is 24.0 Å². The quantitative estimate of drug-likeness (QED) is 0.359. The first-order chi connectivity index (χ1) is 12.6. The number of hydrogen-bond donors (Lipinski definition) is 2. The van der Waals surface area contributed by atoms with E-state index in [1.165, 1.54) is 24.3 Å². The molecule has 0 aromatic heterocycles. The van der Waals surface area contributed by atoms with Crippen molar-refractivity contribution in [1.29, 1.82) is 0 Å².